The summed E-state index contributed by atoms with van der Waals surface area (Å²) in [5.74, 6) is 4.70. The molecule has 6 bridgehead atoms. The van der Waals surface area contributed by atoms with Crippen LogP contribution in [0.5, 0.6) is 40.2 Å². The number of rotatable bonds is 7. The van der Waals surface area contributed by atoms with Crippen molar-refractivity contribution in [2.45, 2.75) is 69.8 Å². The summed E-state index contributed by atoms with van der Waals surface area (Å²) in [5, 5.41) is 14.5. The van der Waals surface area contributed by atoms with Crippen molar-refractivity contribution in [2.75, 3.05) is 48.5 Å². The average molecular weight is 692 g/mol. The molecule has 51 heavy (non-hydrogen) atoms. The number of aliphatic hydroxyl groups is 1. The lowest BCUT2D eigenvalue weighted by Crippen LogP contribution is -2.35. The Hall–Kier alpha value is -4.28. The monoisotopic (exact) mass is 691 g/mol. The third-order valence-corrected chi connectivity index (χ3v) is 11.3. The molecule has 2 N–H and O–H groups in total. The van der Waals surface area contributed by atoms with Crippen molar-refractivity contribution in [3.8, 4) is 40.2 Å². The van der Waals surface area contributed by atoms with Gasteiger partial charge >= 0.3 is 0 Å². The third-order valence-electron chi connectivity index (χ3n) is 11.3. The van der Waals surface area contributed by atoms with E-state index in [0.717, 1.165) is 60.4 Å². The fraction of sp³-hybridized carbons (Fsp3) is 0.429. The van der Waals surface area contributed by atoms with Gasteiger partial charge in [-0.05, 0) is 117 Å². The van der Waals surface area contributed by atoms with Crippen LogP contribution in [0.2, 0.25) is 0 Å². The largest absolute Gasteiger partial charge is 0.493 e. The molecule has 1 aliphatic carbocycles. The summed E-state index contributed by atoms with van der Waals surface area (Å²) in [6, 6.07) is 19.5. The Bertz CT molecular complexity index is 1920. The van der Waals surface area contributed by atoms with Gasteiger partial charge in [-0.25, -0.2) is 0 Å². The number of hydrogen-bond acceptors (Lipinski definition) is 9. The number of benzene rings is 4. The van der Waals surface area contributed by atoms with Gasteiger partial charge in [0.15, 0.2) is 23.0 Å². The highest BCUT2D eigenvalue weighted by atomic mass is 16.5. The van der Waals surface area contributed by atoms with E-state index in [1.807, 2.05) is 18.2 Å². The normalized spacial score (nSPS) is 20.0. The topological polar surface area (TPSA) is 84.9 Å². The Kier molecular flexibility index (Phi) is 9.31. The quantitative estimate of drug-likeness (QED) is 0.215. The lowest BCUT2D eigenvalue weighted by Gasteiger charge is -2.39. The molecule has 2 atom stereocenters. The van der Waals surface area contributed by atoms with E-state index in [0.29, 0.717) is 53.5 Å². The van der Waals surface area contributed by atoms with Crippen LogP contribution in [0, 0.1) is 0 Å². The van der Waals surface area contributed by atoms with E-state index >= 15 is 0 Å². The Labute approximate surface area is 301 Å². The molecule has 0 saturated heterocycles. The molecule has 4 heterocycles. The number of ether oxygens (including phenoxy) is 5. The molecule has 9 heteroatoms. The number of likely N-dealkylation sites (N-methyl/N-ethyl adjacent to an activating group) is 2. The first kappa shape index (κ1) is 33.8. The first-order chi connectivity index (χ1) is 24.9. The maximum Gasteiger partial charge on any atom is 0.204 e. The summed E-state index contributed by atoms with van der Waals surface area (Å²) in [5.41, 5.74) is 9.02. The van der Waals surface area contributed by atoms with Gasteiger partial charge in [0, 0.05) is 54.5 Å². The zero-order valence-electron chi connectivity index (χ0n) is 30.4. The van der Waals surface area contributed by atoms with Crippen LogP contribution in [0.4, 0.5) is 0 Å². The van der Waals surface area contributed by atoms with Crippen molar-refractivity contribution < 1.29 is 28.8 Å². The van der Waals surface area contributed by atoms with Crippen molar-refractivity contribution in [3.63, 3.8) is 0 Å². The van der Waals surface area contributed by atoms with Crippen molar-refractivity contribution in [1.82, 2.24) is 15.1 Å². The van der Waals surface area contributed by atoms with Crippen LogP contribution in [0.1, 0.15) is 69.4 Å². The van der Waals surface area contributed by atoms with E-state index in [2.05, 4.69) is 65.6 Å². The molecular formula is C42H49N3O6. The standard InChI is InChI=1S/C42H49N3O6/c1-44-16-14-27-21-28(24-46)37-22-32(27)34(44)18-25-6-11-30(12-7-25)50-38-20-26(8-13-36(38)47-3)19-35-39-31(15-17-45(35)2)33(23-43-29-9-10-29)40(48-4)42(49-5)41(39)51-37/h6-8,11-13,20-22,29,34-35,43,46H,9-10,14-19,23-24H2,1-5H3/t34-,35-/m0/s1. The molecule has 5 aliphatic rings. The minimum absolute atomic E-state index is 0.0447. The lowest BCUT2D eigenvalue weighted by molar-refractivity contribution is 0.219. The Balaban J connectivity index is 1.37. The molecule has 4 aromatic rings. The van der Waals surface area contributed by atoms with Gasteiger partial charge in [0.1, 0.15) is 11.5 Å². The number of fused-ring (bicyclic) bond motifs is 2. The molecule has 268 valence electrons. The van der Waals surface area contributed by atoms with E-state index in [1.54, 1.807) is 21.3 Å². The van der Waals surface area contributed by atoms with Crippen LogP contribution in [-0.2, 0) is 38.8 Å². The first-order valence-corrected chi connectivity index (χ1v) is 18.2. The molecule has 9 nitrogen and oxygen atoms in total. The molecule has 4 aromatic carbocycles. The highest BCUT2D eigenvalue weighted by molar-refractivity contribution is 5.67. The maximum absolute atomic E-state index is 10.8. The summed E-state index contributed by atoms with van der Waals surface area (Å²) in [6.07, 6.45) is 5.66. The highest BCUT2D eigenvalue weighted by Crippen LogP contribution is 2.53. The van der Waals surface area contributed by atoms with E-state index in [-0.39, 0.29) is 18.7 Å². The van der Waals surface area contributed by atoms with Crippen molar-refractivity contribution >= 4 is 0 Å². The number of hydrogen-bond donors (Lipinski definition) is 2. The van der Waals surface area contributed by atoms with Gasteiger partial charge < -0.3 is 34.1 Å². The van der Waals surface area contributed by atoms with E-state index in [1.165, 1.54) is 35.1 Å². The molecule has 0 amide bonds. The summed E-state index contributed by atoms with van der Waals surface area (Å²) in [7, 11) is 9.46. The third kappa shape index (κ3) is 6.41. The van der Waals surface area contributed by atoms with Crippen molar-refractivity contribution in [3.05, 3.63) is 99.1 Å². The van der Waals surface area contributed by atoms with Gasteiger partial charge in [-0.3, -0.25) is 9.80 Å². The summed E-state index contributed by atoms with van der Waals surface area (Å²) < 4.78 is 31.9. The molecule has 1 saturated carbocycles. The van der Waals surface area contributed by atoms with Gasteiger partial charge in [-0.2, -0.15) is 0 Å². The molecular weight excluding hydrogens is 642 g/mol. The maximum atomic E-state index is 10.8. The number of nitrogens with one attached hydrogen (secondary N) is 1. The first-order valence-electron chi connectivity index (χ1n) is 18.2. The van der Waals surface area contributed by atoms with Gasteiger partial charge in [-0.15, -0.1) is 0 Å². The molecule has 0 spiro atoms. The van der Waals surface area contributed by atoms with Crippen LogP contribution < -0.4 is 29.0 Å². The molecule has 4 aliphatic heterocycles. The van der Waals surface area contributed by atoms with Crippen molar-refractivity contribution in [2.24, 2.45) is 0 Å². The van der Waals surface area contributed by atoms with Crippen LogP contribution in [-0.4, -0.2) is 69.5 Å². The lowest BCUT2D eigenvalue weighted by atomic mass is 9.84. The predicted molar refractivity (Wildman–Crippen MR) is 197 cm³/mol. The second kappa shape index (κ2) is 14.0. The molecule has 0 radical (unpaired) electrons. The van der Waals surface area contributed by atoms with Crippen molar-refractivity contribution in [1.29, 1.82) is 0 Å². The van der Waals surface area contributed by atoms with E-state index < -0.39 is 0 Å². The van der Waals surface area contributed by atoms with Crippen LogP contribution in [0.25, 0.3) is 0 Å². The van der Waals surface area contributed by atoms with Gasteiger partial charge in [-0.1, -0.05) is 18.2 Å². The van der Waals surface area contributed by atoms with Gasteiger partial charge in [0.25, 0.3) is 0 Å². The summed E-state index contributed by atoms with van der Waals surface area (Å²) >= 11 is 0. The number of nitrogens with zero attached hydrogens (tertiary/aromatic N) is 2. The second-order valence-electron chi connectivity index (χ2n) is 14.5. The Morgan fingerprint density at radius 3 is 2.24 bits per heavy atom. The molecule has 9 rings (SSSR count). The van der Waals surface area contributed by atoms with Crippen LogP contribution in [0.3, 0.4) is 0 Å². The smallest absolute Gasteiger partial charge is 0.204 e. The molecule has 1 fully saturated rings. The number of methoxy groups -OCH3 is 3. The molecule has 0 aromatic heterocycles. The predicted octanol–water partition coefficient (Wildman–Crippen LogP) is 6.90. The van der Waals surface area contributed by atoms with Crippen LogP contribution >= 0.6 is 0 Å². The summed E-state index contributed by atoms with van der Waals surface area (Å²) in [4.78, 5) is 4.83. The minimum Gasteiger partial charge on any atom is -0.493 e. The SMILES string of the molecule is COc1ccc2cc1Oc1ccc(cc1)C[C@H]1c3cc(c(CO)cc3CCN1C)Oc1c(OC)c(OC)c(CNC3CC3)c3c1[C@H](C2)N(C)CC3. The highest BCUT2D eigenvalue weighted by Gasteiger charge is 2.37. The van der Waals surface area contributed by atoms with Crippen LogP contribution in [0.15, 0.2) is 54.6 Å². The fourth-order valence-corrected chi connectivity index (χ4v) is 8.28. The Morgan fingerprint density at radius 1 is 0.784 bits per heavy atom. The average Bonchev–Trinajstić information content (AvgIpc) is 3.98. The fourth-order valence-electron chi connectivity index (χ4n) is 8.28. The van der Waals surface area contributed by atoms with Gasteiger partial charge in [0.05, 0.1) is 27.9 Å². The van der Waals surface area contributed by atoms with E-state index in [9.17, 15) is 5.11 Å². The molecule has 0 unspecified atom stereocenters. The van der Waals surface area contributed by atoms with E-state index in [4.69, 9.17) is 23.7 Å². The number of aliphatic hydroxyl groups excluding tert-OH is 1. The zero-order chi connectivity index (χ0) is 35.2. The minimum atomic E-state index is -0.131. The second-order valence-corrected chi connectivity index (χ2v) is 14.5. The van der Waals surface area contributed by atoms with Gasteiger partial charge in [0.2, 0.25) is 5.75 Å². The Morgan fingerprint density at radius 2 is 1.51 bits per heavy atom. The zero-order valence-corrected chi connectivity index (χ0v) is 30.4. The summed E-state index contributed by atoms with van der Waals surface area (Å²) in [6.45, 7) is 2.37.